The number of halogens is 1. The Morgan fingerprint density at radius 3 is 2.65 bits per heavy atom. The minimum absolute atomic E-state index is 0.0455. The second-order valence-electron chi connectivity index (χ2n) is 7.38. The van der Waals surface area contributed by atoms with E-state index in [9.17, 15) is 18.0 Å². The number of hydrogen-bond donors (Lipinski definition) is 1. The van der Waals surface area contributed by atoms with Crippen LogP contribution in [-0.2, 0) is 25.8 Å². The van der Waals surface area contributed by atoms with Crippen LogP contribution in [0.15, 0.2) is 39.7 Å². The van der Waals surface area contributed by atoms with Crippen molar-refractivity contribution in [2.75, 3.05) is 29.6 Å². The number of amides is 2. The van der Waals surface area contributed by atoms with Crippen LogP contribution < -0.4 is 15.0 Å². The molecule has 1 N–H and O–H groups in total. The molecule has 1 aliphatic rings. The minimum atomic E-state index is -3.76. The highest BCUT2D eigenvalue weighted by Crippen LogP contribution is 2.36. The first-order valence-corrected chi connectivity index (χ1v) is 12.4. The van der Waals surface area contributed by atoms with Crippen molar-refractivity contribution in [3.8, 4) is 5.75 Å². The minimum Gasteiger partial charge on any atom is -0.495 e. The van der Waals surface area contributed by atoms with Crippen LogP contribution in [0.3, 0.4) is 0 Å². The molecule has 1 heterocycles. The molecule has 0 atom stereocenters. The molecule has 3 rings (SSSR count). The van der Waals surface area contributed by atoms with E-state index in [1.54, 1.807) is 30.0 Å². The number of fused-ring (bicyclic) bond motifs is 1. The van der Waals surface area contributed by atoms with Gasteiger partial charge in [0, 0.05) is 29.5 Å². The summed E-state index contributed by atoms with van der Waals surface area (Å²) in [6.45, 7) is 4.20. The van der Waals surface area contributed by atoms with Crippen LogP contribution >= 0.6 is 15.9 Å². The summed E-state index contributed by atoms with van der Waals surface area (Å²) in [5, 5.41) is 2.72. The summed E-state index contributed by atoms with van der Waals surface area (Å²) in [4.78, 5) is 26.3. The molecule has 2 amide bonds. The Balaban J connectivity index is 1.77. The zero-order valence-corrected chi connectivity index (χ0v) is 20.1. The van der Waals surface area contributed by atoms with Gasteiger partial charge in [-0.3, -0.25) is 9.59 Å². The van der Waals surface area contributed by atoms with Gasteiger partial charge in [0.25, 0.3) is 0 Å². The van der Waals surface area contributed by atoms with Crippen molar-refractivity contribution in [2.45, 2.75) is 38.0 Å². The molecular formula is C22H25BrN2O5S. The molecule has 0 fully saturated rings. The number of methoxy groups -OCH3 is 1. The summed E-state index contributed by atoms with van der Waals surface area (Å²) in [7, 11) is -2.25. The maximum absolute atomic E-state index is 13.0. The van der Waals surface area contributed by atoms with Crippen molar-refractivity contribution in [3.63, 3.8) is 0 Å². The predicted molar refractivity (Wildman–Crippen MR) is 124 cm³/mol. The maximum Gasteiger partial charge on any atom is 0.226 e. The van der Waals surface area contributed by atoms with Gasteiger partial charge < -0.3 is 15.0 Å². The van der Waals surface area contributed by atoms with Crippen LogP contribution in [0, 0.1) is 6.92 Å². The molecule has 0 aliphatic carbocycles. The van der Waals surface area contributed by atoms with Crippen molar-refractivity contribution in [1.82, 2.24) is 0 Å². The quantitative estimate of drug-likeness (QED) is 0.612. The number of nitrogens with one attached hydrogen (secondary N) is 1. The summed E-state index contributed by atoms with van der Waals surface area (Å²) in [5.41, 5.74) is 2.99. The zero-order chi connectivity index (χ0) is 22.8. The van der Waals surface area contributed by atoms with Gasteiger partial charge in [0.05, 0.1) is 23.4 Å². The van der Waals surface area contributed by atoms with E-state index in [1.807, 2.05) is 13.0 Å². The first-order valence-electron chi connectivity index (χ1n) is 9.96. The van der Waals surface area contributed by atoms with Crippen molar-refractivity contribution >= 4 is 49.0 Å². The molecule has 1 aliphatic heterocycles. The van der Waals surface area contributed by atoms with Crippen molar-refractivity contribution in [2.24, 2.45) is 0 Å². The highest BCUT2D eigenvalue weighted by Gasteiger charge is 2.28. The Morgan fingerprint density at radius 2 is 1.97 bits per heavy atom. The number of sulfone groups is 1. The lowest BCUT2D eigenvalue weighted by molar-refractivity contribution is -0.118. The number of carbonyl (C=O) groups is 2. The van der Waals surface area contributed by atoms with Gasteiger partial charge in [-0.05, 0) is 64.7 Å². The second-order valence-corrected chi connectivity index (χ2v) is 10.3. The molecule has 2 aromatic carbocycles. The van der Waals surface area contributed by atoms with Gasteiger partial charge in [0.15, 0.2) is 9.84 Å². The average molecular weight is 509 g/mol. The summed E-state index contributed by atoms with van der Waals surface area (Å²) < 4.78 is 31.7. The molecule has 9 heteroatoms. The van der Waals surface area contributed by atoms with E-state index in [4.69, 9.17) is 4.74 Å². The molecule has 0 radical (unpaired) electrons. The first kappa shape index (κ1) is 23.3. The Kier molecular flexibility index (Phi) is 7.06. The number of nitrogens with zero attached hydrogens (tertiary/aromatic N) is 1. The molecule has 166 valence electrons. The van der Waals surface area contributed by atoms with E-state index in [0.29, 0.717) is 41.0 Å². The van der Waals surface area contributed by atoms with Gasteiger partial charge in [-0.2, -0.15) is 0 Å². The third kappa shape index (κ3) is 5.10. The van der Waals surface area contributed by atoms with E-state index < -0.39 is 15.7 Å². The Labute approximate surface area is 190 Å². The van der Waals surface area contributed by atoms with Gasteiger partial charge in [0.2, 0.25) is 11.8 Å². The lowest BCUT2D eigenvalue weighted by Gasteiger charge is -2.18. The SMILES string of the molecule is CCC(=O)N1CCc2cc(Br)c(S(=O)(=O)CCC(=O)Nc3cc(C)ccc3OC)cc21. The summed E-state index contributed by atoms with van der Waals surface area (Å²) in [5.74, 6) is -0.321. The van der Waals surface area contributed by atoms with E-state index in [0.717, 1.165) is 11.1 Å². The molecule has 7 nitrogen and oxygen atoms in total. The fourth-order valence-corrected chi connectivity index (χ4v) is 6.00. The van der Waals surface area contributed by atoms with Gasteiger partial charge in [-0.25, -0.2) is 8.42 Å². The summed E-state index contributed by atoms with van der Waals surface area (Å²) >= 11 is 3.35. The number of carbonyl (C=O) groups excluding carboxylic acids is 2. The lowest BCUT2D eigenvalue weighted by atomic mass is 10.2. The molecule has 31 heavy (non-hydrogen) atoms. The van der Waals surface area contributed by atoms with Gasteiger partial charge in [0.1, 0.15) is 5.75 Å². The third-order valence-electron chi connectivity index (χ3n) is 5.19. The predicted octanol–water partition coefficient (Wildman–Crippen LogP) is 3.87. The number of benzene rings is 2. The largest absolute Gasteiger partial charge is 0.495 e. The van der Waals surface area contributed by atoms with Crippen LogP contribution in [-0.4, -0.2) is 39.6 Å². The van der Waals surface area contributed by atoms with Gasteiger partial charge in [-0.1, -0.05) is 13.0 Å². The summed E-state index contributed by atoms with van der Waals surface area (Å²) in [6.07, 6.45) is 0.821. The zero-order valence-electron chi connectivity index (χ0n) is 17.7. The Bertz CT molecular complexity index is 1130. The topological polar surface area (TPSA) is 92.8 Å². The Hall–Kier alpha value is -2.39. The van der Waals surface area contributed by atoms with Crippen LogP contribution in [0.25, 0.3) is 0 Å². The molecule has 0 aromatic heterocycles. The number of aryl methyl sites for hydroxylation is 1. The van der Waals surface area contributed by atoms with Gasteiger partial charge in [-0.15, -0.1) is 0 Å². The normalized spacial score (nSPS) is 13.1. The molecule has 0 saturated heterocycles. The third-order valence-corrected chi connectivity index (χ3v) is 7.86. The van der Waals surface area contributed by atoms with E-state index in [1.165, 1.54) is 13.2 Å². The van der Waals surface area contributed by atoms with Gasteiger partial charge >= 0.3 is 0 Å². The molecule has 0 bridgehead atoms. The second kappa shape index (κ2) is 9.40. The number of anilines is 2. The lowest BCUT2D eigenvalue weighted by Crippen LogP contribution is -2.28. The molecule has 0 spiro atoms. The summed E-state index contributed by atoms with van der Waals surface area (Å²) in [6, 6.07) is 8.66. The monoisotopic (exact) mass is 508 g/mol. The maximum atomic E-state index is 13.0. The fraction of sp³-hybridized carbons (Fsp3) is 0.364. The van der Waals surface area contributed by atoms with Crippen molar-refractivity contribution in [3.05, 3.63) is 45.9 Å². The van der Waals surface area contributed by atoms with E-state index in [2.05, 4.69) is 21.2 Å². The highest BCUT2D eigenvalue weighted by atomic mass is 79.9. The van der Waals surface area contributed by atoms with E-state index >= 15 is 0 Å². The fourth-order valence-electron chi connectivity index (χ4n) is 3.55. The molecule has 2 aromatic rings. The smallest absolute Gasteiger partial charge is 0.226 e. The van der Waals surface area contributed by atoms with E-state index in [-0.39, 0.29) is 23.0 Å². The molecule has 0 unspecified atom stereocenters. The number of ether oxygens (including phenoxy) is 1. The first-order chi connectivity index (χ1) is 14.7. The molecular weight excluding hydrogens is 484 g/mol. The van der Waals surface area contributed by atoms with Crippen molar-refractivity contribution < 1.29 is 22.7 Å². The van der Waals surface area contributed by atoms with Crippen LogP contribution in [0.1, 0.15) is 30.9 Å². The van der Waals surface area contributed by atoms with Crippen molar-refractivity contribution in [1.29, 1.82) is 0 Å². The number of rotatable bonds is 7. The Morgan fingerprint density at radius 1 is 1.23 bits per heavy atom. The average Bonchev–Trinajstić information content (AvgIpc) is 3.14. The molecule has 0 saturated carbocycles. The highest BCUT2D eigenvalue weighted by molar-refractivity contribution is 9.10. The van der Waals surface area contributed by atoms with Crippen LogP contribution in [0.5, 0.6) is 5.75 Å². The van der Waals surface area contributed by atoms with Crippen LogP contribution in [0.2, 0.25) is 0 Å². The number of hydrogen-bond acceptors (Lipinski definition) is 5. The standard InChI is InChI=1S/C22H25BrN2O5S/c1-4-22(27)25-9-7-15-12-16(23)20(13-18(15)25)31(28,29)10-8-21(26)24-17-11-14(2)5-6-19(17)30-3/h5-6,11-13H,4,7-10H2,1-3H3,(H,24,26). The van der Waals surface area contributed by atoms with Crippen LogP contribution in [0.4, 0.5) is 11.4 Å².